The summed E-state index contributed by atoms with van der Waals surface area (Å²) >= 11 is 1.59. The maximum atomic E-state index is 14.5. The quantitative estimate of drug-likeness (QED) is 0.502. The number of benzene rings is 1. The van der Waals surface area contributed by atoms with Crippen LogP contribution < -0.4 is 5.73 Å². The van der Waals surface area contributed by atoms with Gasteiger partial charge in [0.25, 0.3) is 0 Å². The van der Waals surface area contributed by atoms with E-state index in [0.717, 1.165) is 15.2 Å². The Morgan fingerprint density at radius 1 is 1.19 bits per heavy atom. The molecule has 5 nitrogen and oxygen atoms in total. The van der Waals surface area contributed by atoms with Crippen molar-refractivity contribution in [3.63, 3.8) is 0 Å². The minimum absolute atomic E-state index is 0.327. The normalized spacial score (nSPS) is 14.3. The van der Waals surface area contributed by atoms with E-state index in [4.69, 9.17) is 5.73 Å². The number of nitrogens with one attached hydrogen (secondary N) is 1. The first kappa shape index (κ1) is 15.3. The smallest absolute Gasteiger partial charge is 0.144 e. The van der Waals surface area contributed by atoms with Crippen molar-refractivity contribution in [3.8, 4) is 11.8 Å². The standard InChI is InChI=1S/C19H14FN5S/c20-13-7-15-14(25-19(26-15)10-2-1-3-10)6-11(13)4-5-12-8-22-18-16(12)17(21)23-9-24-18/h6-10H,1-3H2,(H3,21,22,23,24). The second kappa shape index (κ2) is 5.78. The zero-order valence-electron chi connectivity index (χ0n) is 13.7. The number of aromatic nitrogens is 4. The molecule has 0 unspecified atom stereocenters. The number of hydrogen-bond donors (Lipinski definition) is 2. The molecule has 3 N–H and O–H groups in total. The number of H-pyrrole nitrogens is 1. The molecule has 26 heavy (non-hydrogen) atoms. The van der Waals surface area contributed by atoms with Crippen LogP contribution >= 0.6 is 11.3 Å². The first-order chi connectivity index (χ1) is 12.7. The molecule has 0 bridgehead atoms. The Hall–Kier alpha value is -2.98. The Labute approximate surface area is 152 Å². The van der Waals surface area contributed by atoms with Crippen LogP contribution in [0.4, 0.5) is 10.2 Å². The van der Waals surface area contributed by atoms with E-state index in [-0.39, 0.29) is 5.82 Å². The van der Waals surface area contributed by atoms with Crippen molar-refractivity contribution in [1.29, 1.82) is 0 Å². The van der Waals surface area contributed by atoms with Crippen LogP contribution in [0.25, 0.3) is 21.3 Å². The summed E-state index contributed by atoms with van der Waals surface area (Å²) in [6, 6.07) is 3.26. The van der Waals surface area contributed by atoms with E-state index < -0.39 is 0 Å². The van der Waals surface area contributed by atoms with E-state index in [9.17, 15) is 4.39 Å². The third kappa shape index (κ3) is 2.42. The maximum Gasteiger partial charge on any atom is 0.144 e. The van der Waals surface area contributed by atoms with Crippen molar-refractivity contribution in [2.75, 3.05) is 5.73 Å². The van der Waals surface area contributed by atoms with Crippen LogP contribution in [0.1, 0.15) is 41.3 Å². The Balaban J connectivity index is 1.57. The summed E-state index contributed by atoms with van der Waals surface area (Å²) < 4.78 is 15.3. The monoisotopic (exact) mass is 363 g/mol. The van der Waals surface area contributed by atoms with E-state index in [2.05, 4.69) is 31.8 Å². The third-order valence-corrected chi connectivity index (χ3v) is 5.96. The van der Waals surface area contributed by atoms with E-state index in [1.807, 2.05) is 0 Å². The summed E-state index contributed by atoms with van der Waals surface area (Å²) in [7, 11) is 0. The molecule has 128 valence electrons. The number of thiazole rings is 1. The highest BCUT2D eigenvalue weighted by molar-refractivity contribution is 7.18. The zero-order valence-corrected chi connectivity index (χ0v) is 14.5. The number of aromatic amines is 1. The first-order valence-electron chi connectivity index (χ1n) is 8.38. The minimum atomic E-state index is -0.335. The van der Waals surface area contributed by atoms with Crippen molar-refractivity contribution in [3.05, 3.63) is 46.6 Å². The van der Waals surface area contributed by atoms with Gasteiger partial charge in [0.05, 0.1) is 31.7 Å². The van der Waals surface area contributed by atoms with Gasteiger partial charge in [-0.2, -0.15) is 0 Å². The van der Waals surface area contributed by atoms with Crippen LogP contribution in [-0.2, 0) is 0 Å². The van der Waals surface area contributed by atoms with Gasteiger partial charge in [-0.15, -0.1) is 11.3 Å². The molecule has 5 rings (SSSR count). The molecule has 3 aromatic heterocycles. The topological polar surface area (TPSA) is 80.5 Å². The van der Waals surface area contributed by atoms with Crippen molar-refractivity contribution in [2.45, 2.75) is 25.2 Å². The fourth-order valence-electron chi connectivity index (χ4n) is 3.11. The first-order valence-corrected chi connectivity index (χ1v) is 9.20. The Morgan fingerprint density at radius 3 is 2.85 bits per heavy atom. The molecule has 7 heteroatoms. The predicted octanol–water partition coefficient (Wildman–Crippen LogP) is 3.96. The Morgan fingerprint density at radius 2 is 2.04 bits per heavy atom. The van der Waals surface area contributed by atoms with Crippen LogP contribution in [-0.4, -0.2) is 19.9 Å². The molecule has 1 aliphatic carbocycles. The number of nitrogen functional groups attached to an aromatic ring is 1. The van der Waals surface area contributed by atoms with Gasteiger partial charge < -0.3 is 10.7 Å². The summed E-state index contributed by atoms with van der Waals surface area (Å²) in [5.74, 6) is 6.43. The second-order valence-electron chi connectivity index (χ2n) is 6.41. The highest BCUT2D eigenvalue weighted by atomic mass is 32.1. The molecule has 1 fully saturated rings. The molecule has 0 radical (unpaired) electrons. The van der Waals surface area contributed by atoms with Gasteiger partial charge >= 0.3 is 0 Å². The number of fused-ring (bicyclic) bond motifs is 2. The highest BCUT2D eigenvalue weighted by Crippen LogP contribution is 2.40. The van der Waals surface area contributed by atoms with Gasteiger partial charge in [0.2, 0.25) is 0 Å². The SMILES string of the molecule is Nc1ncnc2[nH]cc(C#Cc3cc4nc(C5CCC5)sc4cc3F)c12. The van der Waals surface area contributed by atoms with Gasteiger partial charge in [0.1, 0.15) is 23.6 Å². The lowest BCUT2D eigenvalue weighted by Crippen LogP contribution is -2.07. The molecular weight excluding hydrogens is 349 g/mol. The van der Waals surface area contributed by atoms with Gasteiger partial charge in [0, 0.05) is 12.1 Å². The number of hydrogen-bond acceptors (Lipinski definition) is 5. The van der Waals surface area contributed by atoms with Crippen molar-refractivity contribution < 1.29 is 4.39 Å². The van der Waals surface area contributed by atoms with Crippen LogP contribution in [0.3, 0.4) is 0 Å². The molecular formula is C19H14FN5S. The molecule has 0 atom stereocenters. The molecule has 0 spiro atoms. The Bertz CT molecular complexity index is 1210. The molecule has 0 amide bonds. The van der Waals surface area contributed by atoms with E-state index in [0.29, 0.717) is 33.9 Å². The number of halogens is 1. The number of nitrogens with zero attached hydrogens (tertiary/aromatic N) is 3. The molecule has 3 heterocycles. The lowest BCUT2D eigenvalue weighted by molar-refractivity contribution is 0.419. The number of rotatable bonds is 1. The molecule has 4 aromatic rings. The van der Waals surface area contributed by atoms with E-state index in [1.54, 1.807) is 23.6 Å². The van der Waals surface area contributed by atoms with Gasteiger partial charge in [0.15, 0.2) is 0 Å². The average Bonchev–Trinajstić information content (AvgIpc) is 3.15. The largest absolute Gasteiger partial charge is 0.383 e. The molecule has 0 saturated heterocycles. The maximum absolute atomic E-state index is 14.5. The summed E-state index contributed by atoms with van der Waals surface area (Å²) in [5, 5.41) is 1.76. The van der Waals surface area contributed by atoms with Gasteiger partial charge in [-0.25, -0.2) is 19.3 Å². The Kier molecular flexibility index (Phi) is 3.40. The van der Waals surface area contributed by atoms with Crippen LogP contribution in [0.2, 0.25) is 0 Å². The second-order valence-corrected chi connectivity index (χ2v) is 7.48. The lowest BCUT2D eigenvalue weighted by atomic mass is 9.86. The molecule has 0 aliphatic heterocycles. The minimum Gasteiger partial charge on any atom is -0.383 e. The van der Waals surface area contributed by atoms with E-state index in [1.165, 1.54) is 31.7 Å². The zero-order chi connectivity index (χ0) is 17.7. The molecule has 1 aromatic carbocycles. The summed E-state index contributed by atoms with van der Waals surface area (Å²) in [6.45, 7) is 0. The van der Waals surface area contributed by atoms with Gasteiger partial charge in [-0.05, 0) is 25.0 Å². The summed E-state index contributed by atoms with van der Waals surface area (Å²) in [6.07, 6.45) is 6.71. The van der Waals surface area contributed by atoms with Gasteiger partial charge in [-0.1, -0.05) is 18.3 Å². The fraction of sp³-hybridized carbons (Fsp3) is 0.211. The van der Waals surface area contributed by atoms with Crippen molar-refractivity contribution in [1.82, 2.24) is 19.9 Å². The fourth-order valence-corrected chi connectivity index (χ4v) is 4.26. The van der Waals surface area contributed by atoms with Crippen LogP contribution in [0, 0.1) is 17.7 Å². The molecule has 1 saturated carbocycles. The van der Waals surface area contributed by atoms with E-state index >= 15 is 0 Å². The van der Waals surface area contributed by atoms with Crippen molar-refractivity contribution >= 4 is 38.4 Å². The number of nitrogens with two attached hydrogens (primary N) is 1. The number of anilines is 1. The lowest BCUT2D eigenvalue weighted by Gasteiger charge is -2.22. The van der Waals surface area contributed by atoms with Crippen molar-refractivity contribution in [2.24, 2.45) is 0 Å². The summed E-state index contributed by atoms with van der Waals surface area (Å²) in [5.41, 5.74) is 8.30. The predicted molar refractivity (Wildman–Crippen MR) is 100 cm³/mol. The van der Waals surface area contributed by atoms with Gasteiger partial charge in [-0.3, -0.25) is 0 Å². The molecule has 1 aliphatic rings. The van der Waals surface area contributed by atoms with Crippen LogP contribution in [0.5, 0.6) is 0 Å². The summed E-state index contributed by atoms with van der Waals surface area (Å²) in [4.78, 5) is 15.8. The third-order valence-electron chi connectivity index (χ3n) is 4.78. The highest BCUT2D eigenvalue weighted by Gasteiger charge is 2.23. The van der Waals surface area contributed by atoms with Crippen LogP contribution in [0.15, 0.2) is 24.7 Å². The average molecular weight is 363 g/mol.